The number of hydrogen-bond donors (Lipinski definition) is 2. The van der Waals surface area contributed by atoms with Gasteiger partial charge >= 0.3 is 0 Å². The van der Waals surface area contributed by atoms with Crippen molar-refractivity contribution < 1.29 is 4.79 Å². The molecule has 0 spiro atoms. The molecule has 2 aromatic heterocycles. The number of aromatic nitrogens is 4. The van der Waals surface area contributed by atoms with Crippen LogP contribution < -0.4 is 11.1 Å². The molecule has 0 saturated carbocycles. The summed E-state index contributed by atoms with van der Waals surface area (Å²) in [5.74, 6) is -0.201. The Hall–Kier alpha value is -2.31. The molecule has 3 N–H and O–H groups in total. The summed E-state index contributed by atoms with van der Waals surface area (Å²) in [5, 5.41) is 10.8. The van der Waals surface area contributed by atoms with Crippen LogP contribution in [0.4, 0.5) is 5.69 Å². The van der Waals surface area contributed by atoms with E-state index in [0.29, 0.717) is 17.9 Å². The first-order valence-corrected chi connectivity index (χ1v) is 5.71. The number of nitrogens with zero attached hydrogens (tertiary/aromatic N) is 4. The molecule has 0 aliphatic heterocycles. The molecule has 0 aromatic carbocycles. The van der Waals surface area contributed by atoms with Gasteiger partial charge in [0.15, 0.2) is 0 Å². The van der Waals surface area contributed by atoms with Crippen LogP contribution in [0.15, 0.2) is 24.7 Å². The number of aryl methyl sites for hydroxylation is 2. The first-order valence-electron chi connectivity index (χ1n) is 5.71. The maximum absolute atomic E-state index is 11.8. The first-order chi connectivity index (χ1) is 8.68. The largest absolute Gasteiger partial charge is 0.396 e. The molecule has 2 rings (SSSR count). The van der Waals surface area contributed by atoms with Crippen LogP contribution >= 0.6 is 0 Å². The van der Waals surface area contributed by atoms with Crippen LogP contribution in [-0.4, -0.2) is 32.0 Å². The molecule has 2 heterocycles. The fourth-order valence-corrected chi connectivity index (χ4v) is 1.69. The summed E-state index contributed by atoms with van der Waals surface area (Å²) >= 11 is 0. The lowest BCUT2D eigenvalue weighted by molar-refractivity contribution is 0.0944. The van der Waals surface area contributed by atoms with E-state index < -0.39 is 0 Å². The Bertz CT molecular complexity index is 496. The SMILES string of the molecule is Cn1ncc(N)c1C(=O)NCCCn1cccn1. The lowest BCUT2D eigenvalue weighted by Gasteiger charge is -2.06. The third kappa shape index (κ3) is 2.68. The highest BCUT2D eigenvalue weighted by Crippen LogP contribution is 2.08. The Morgan fingerprint density at radius 2 is 2.33 bits per heavy atom. The number of nitrogen functional groups attached to an aromatic ring is 1. The summed E-state index contributed by atoms with van der Waals surface area (Å²) in [5.41, 5.74) is 6.45. The fraction of sp³-hybridized carbons (Fsp3) is 0.364. The minimum atomic E-state index is -0.201. The Labute approximate surface area is 105 Å². The Balaban J connectivity index is 1.79. The van der Waals surface area contributed by atoms with Crippen molar-refractivity contribution in [2.24, 2.45) is 7.05 Å². The lowest BCUT2D eigenvalue weighted by Crippen LogP contribution is -2.28. The molecule has 0 unspecified atom stereocenters. The van der Waals surface area contributed by atoms with E-state index in [4.69, 9.17) is 5.73 Å². The fourth-order valence-electron chi connectivity index (χ4n) is 1.69. The predicted molar refractivity (Wildman–Crippen MR) is 66.8 cm³/mol. The zero-order valence-corrected chi connectivity index (χ0v) is 10.2. The quantitative estimate of drug-likeness (QED) is 0.730. The van der Waals surface area contributed by atoms with Gasteiger partial charge in [0.25, 0.3) is 5.91 Å². The van der Waals surface area contributed by atoms with Crippen molar-refractivity contribution in [2.75, 3.05) is 12.3 Å². The van der Waals surface area contributed by atoms with Gasteiger partial charge in [-0.2, -0.15) is 10.2 Å². The molecule has 0 saturated heterocycles. The first kappa shape index (κ1) is 12.2. The maximum Gasteiger partial charge on any atom is 0.271 e. The standard InChI is InChI=1S/C11H16N6O/c1-16-10(9(12)8-15-16)11(18)13-4-2-6-17-7-3-5-14-17/h3,5,7-8H,2,4,6,12H2,1H3,(H,13,18). The van der Waals surface area contributed by atoms with Gasteiger partial charge < -0.3 is 11.1 Å². The van der Waals surface area contributed by atoms with Gasteiger partial charge in [-0.25, -0.2) is 0 Å². The van der Waals surface area contributed by atoms with Crippen LogP contribution in [0.1, 0.15) is 16.9 Å². The summed E-state index contributed by atoms with van der Waals surface area (Å²) in [6, 6.07) is 1.87. The normalized spacial score (nSPS) is 10.5. The number of carbonyl (C=O) groups is 1. The zero-order valence-electron chi connectivity index (χ0n) is 10.2. The molecule has 0 aliphatic rings. The third-order valence-corrected chi connectivity index (χ3v) is 2.59. The molecule has 0 fully saturated rings. The molecule has 0 radical (unpaired) electrons. The van der Waals surface area contributed by atoms with E-state index in [1.54, 1.807) is 13.2 Å². The van der Waals surface area contributed by atoms with Crippen LogP contribution in [0, 0.1) is 0 Å². The van der Waals surface area contributed by atoms with E-state index in [0.717, 1.165) is 13.0 Å². The number of anilines is 1. The average Bonchev–Trinajstić information content (AvgIpc) is 2.95. The van der Waals surface area contributed by atoms with Crippen LogP contribution in [0.25, 0.3) is 0 Å². The maximum atomic E-state index is 11.8. The number of carbonyl (C=O) groups excluding carboxylic acids is 1. The lowest BCUT2D eigenvalue weighted by atomic mass is 10.3. The molecular formula is C11H16N6O. The Kier molecular flexibility index (Phi) is 3.61. The number of nitrogens with two attached hydrogens (primary N) is 1. The van der Waals surface area contributed by atoms with Crippen molar-refractivity contribution >= 4 is 11.6 Å². The third-order valence-electron chi connectivity index (χ3n) is 2.59. The Morgan fingerprint density at radius 1 is 1.50 bits per heavy atom. The molecule has 2 aromatic rings. The summed E-state index contributed by atoms with van der Waals surface area (Å²) < 4.78 is 3.29. The van der Waals surface area contributed by atoms with Crippen molar-refractivity contribution in [3.63, 3.8) is 0 Å². The number of rotatable bonds is 5. The minimum absolute atomic E-state index is 0.201. The molecule has 0 atom stereocenters. The smallest absolute Gasteiger partial charge is 0.271 e. The second-order valence-corrected chi connectivity index (χ2v) is 3.95. The molecule has 7 nitrogen and oxygen atoms in total. The van der Waals surface area contributed by atoms with Crippen LogP contribution in [0.3, 0.4) is 0 Å². The molecule has 96 valence electrons. The second kappa shape index (κ2) is 5.35. The topological polar surface area (TPSA) is 90.8 Å². The molecule has 1 amide bonds. The monoisotopic (exact) mass is 248 g/mol. The van der Waals surface area contributed by atoms with Crippen LogP contribution in [0.5, 0.6) is 0 Å². The van der Waals surface area contributed by atoms with Gasteiger partial charge in [0.05, 0.1) is 11.9 Å². The number of nitrogens with one attached hydrogen (secondary N) is 1. The molecular weight excluding hydrogens is 232 g/mol. The van der Waals surface area contributed by atoms with Crippen molar-refractivity contribution in [3.8, 4) is 0 Å². The second-order valence-electron chi connectivity index (χ2n) is 3.95. The van der Waals surface area contributed by atoms with Gasteiger partial charge in [-0.05, 0) is 12.5 Å². The van der Waals surface area contributed by atoms with Gasteiger partial charge in [0, 0.05) is 32.5 Å². The van der Waals surface area contributed by atoms with E-state index in [-0.39, 0.29) is 5.91 Å². The minimum Gasteiger partial charge on any atom is -0.396 e. The van der Waals surface area contributed by atoms with Crippen molar-refractivity contribution in [1.82, 2.24) is 24.9 Å². The van der Waals surface area contributed by atoms with Crippen molar-refractivity contribution in [3.05, 3.63) is 30.4 Å². The molecule has 0 bridgehead atoms. The van der Waals surface area contributed by atoms with E-state index in [9.17, 15) is 4.79 Å². The highest BCUT2D eigenvalue weighted by Gasteiger charge is 2.13. The van der Waals surface area contributed by atoms with E-state index in [1.165, 1.54) is 10.9 Å². The van der Waals surface area contributed by atoms with E-state index in [1.807, 2.05) is 16.9 Å². The summed E-state index contributed by atoms with van der Waals surface area (Å²) in [6.45, 7) is 1.34. The molecule has 0 aliphatic carbocycles. The van der Waals surface area contributed by atoms with Crippen LogP contribution in [-0.2, 0) is 13.6 Å². The van der Waals surface area contributed by atoms with Gasteiger partial charge in [0.2, 0.25) is 0 Å². The molecule has 7 heteroatoms. The zero-order chi connectivity index (χ0) is 13.0. The van der Waals surface area contributed by atoms with Gasteiger partial charge in [0.1, 0.15) is 5.69 Å². The van der Waals surface area contributed by atoms with Gasteiger partial charge in [-0.3, -0.25) is 14.2 Å². The number of hydrogen-bond acceptors (Lipinski definition) is 4. The highest BCUT2D eigenvalue weighted by molar-refractivity contribution is 5.97. The molecule has 18 heavy (non-hydrogen) atoms. The van der Waals surface area contributed by atoms with Gasteiger partial charge in [-0.1, -0.05) is 0 Å². The summed E-state index contributed by atoms with van der Waals surface area (Å²) in [7, 11) is 1.69. The predicted octanol–water partition coefficient (Wildman–Crippen LogP) is 0.0189. The summed E-state index contributed by atoms with van der Waals surface area (Å²) in [6.07, 6.45) is 5.90. The van der Waals surface area contributed by atoms with E-state index >= 15 is 0 Å². The summed E-state index contributed by atoms with van der Waals surface area (Å²) in [4.78, 5) is 11.8. The van der Waals surface area contributed by atoms with Crippen molar-refractivity contribution in [2.45, 2.75) is 13.0 Å². The highest BCUT2D eigenvalue weighted by atomic mass is 16.2. The van der Waals surface area contributed by atoms with Gasteiger partial charge in [-0.15, -0.1) is 0 Å². The Morgan fingerprint density at radius 3 is 2.94 bits per heavy atom. The van der Waals surface area contributed by atoms with Crippen molar-refractivity contribution in [1.29, 1.82) is 0 Å². The average molecular weight is 248 g/mol. The van der Waals surface area contributed by atoms with Crippen LogP contribution in [0.2, 0.25) is 0 Å². The number of amides is 1. The van der Waals surface area contributed by atoms with E-state index in [2.05, 4.69) is 15.5 Å².